The summed E-state index contributed by atoms with van der Waals surface area (Å²) >= 11 is 3.32. The molecule has 2 aromatic heterocycles. The van der Waals surface area contributed by atoms with E-state index in [0.717, 1.165) is 42.1 Å². The Morgan fingerprint density at radius 1 is 1.56 bits per heavy atom. The number of hydrogen-bond acceptors (Lipinski definition) is 3. The molecule has 1 N–H and O–H groups in total. The summed E-state index contributed by atoms with van der Waals surface area (Å²) in [5.74, 6) is 2.18. The van der Waals surface area contributed by atoms with Crippen LogP contribution in [0.1, 0.15) is 23.7 Å². The third-order valence-corrected chi connectivity index (χ3v) is 3.73. The molecule has 0 fully saturated rings. The van der Waals surface area contributed by atoms with E-state index < -0.39 is 0 Å². The van der Waals surface area contributed by atoms with Crippen LogP contribution in [0.2, 0.25) is 0 Å². The summed E-state index contributed by atoms with van der Waals surface area (Å²) in [5.41, 5.74) is 1.11. The van der Waals surface area contributed by atoms with Gasteiger partial charge in [0.2, 0.25) is 0 Å². The first kappa shape index (κ1) is 12.0. The Kier molecular flexibility index (Phi) is 3.26. The average Bonchev–Trinajstić information content (AvgIpc) is 2.90. The predicted octanol–water partition coefficient (Wildman–Crippen LogP) is 2.65. The van der Waals surface area contributed by atoms with E-state index in [1.54, 1.807) is 0 Å². The highest BCUT2D eigenvalue weighted by Crippen LogP contribution is 2.17. The zero-order valence-electron chi connectivity index (χ0n) is 10.3. The summed E-state index contributed by atoms with van der Waals surface area (Å²) in [6.07, 6.45) is 4.32. The number of imidazole rings is 1. The number of furan rings is 1. The Bertz CT molecular complexity index is 546. The van der Waals surface area contributed by atoms with Crippen molar-refractivity contribution in [2.75, 3.05) is 0 Å². The van der Waals surface area contributed by atoms with Crippen LogP contribution in [-0.4, -0.2) is 15.6 Å². The number of rotatable bonds is 3. The minimum Gasteiger partial charge on any atom is -0.453 e. The smallest absolute Gasteiger partial charge is 0.169 e. The Labute approximate surface area is 115 Å². The Hall–Kier alpha value is -1.07. The molecule has 1 aliphatic heterocycles. The number of aryl methyl sites for hydroxylation is 2. The van der Waals surface area contributed by atoms with Crippen LogP contribution in [0.3, 0.4) is 0 Å². The van der Waals surface area contributed by atoms with E-state index in [2.05, 4.69) is 37.0 Å². The van der Waals surface area contributed by atoms with Crippen LogP contribution in [0.15, 0.2) is 27.4 Å². The summed E-state index contributed by atoms with van der Waals surface area (Å²) in [7, 11) is 0. The van der Waals surface area contributed by atoms with Gasteiger partial charge in [0.05, 0.1) is 12.2 Å². The van der Waals surface area contributed by atoms with Crippen molar-refractivity contribution >= 4 is 15.9 Å². The van der Waals surface area contributed by atoms with Crippen molar-refractivity contribution in [3.8, 4) is 0 Å². The molecule has 0 aromatic carbocycles. The van der Waals surface area contributed by atoms with Gasteiger partial charge in [0.15, 0.2) is 4.67 Å². The molecule has 2 aromatic rings. The zero-order chi connectivity index (χ0) is 12.5. The molecular weight excluding hydrogens is 294 g/mol. The minimum absolute atomic E-state index is 0.495. The minimum atomic E-state index is 0.495. The van der Waals surface area contributed by atoms with Gasteiger partial charge in [-0.1, -0.05) is 0 Å². The van der Waals surface area contributed by atoms with Crippen molar-refractivity contribution in [2.24, 2.45) is 0 Å². The van der Waals surface area contributed by atoms with Crippen molar-refractivity contribution < 1.29 is 4.42 Å². The molecule has 0 radical (unpaired) electrons. The fraction of sp³-hybridized carbons (Fsp3) is 0.462. The van der Waals surface area contributed by atoms with Gasteiger partial charge >= 0.3 is 0 Å². The molecule has 3 rings (SSSR count). The molecule has 3 heterocycles. The molecule has 0 spiro atoms. The molecule has 0 aliphatic carbocycles. The molecule has 5 heteroatoms. The zero-order valence-corrected chi connectivity index (χ0v) is 11.9. The molecule has 96 valence electrons. The fourth-order valence-corrected chi connectivity index (χ4v) is 2.78. The van der Waals surface area contributed by atoms with Crippen molar-refractivity contribution in [3.05, 3.63) is 40.3 Å². The summed E-state index contributed by atoms with van der Waals surface area (Å²) < 4.78 is 8.53. The maximum absolute atomic E-state index is 5.48. The van der Waals surface area contributed by atoms with Gasteiger partial charge in [-0.25, -0.2) is 4.98 Å². The molecule has 1 unspecified atom stereocenters. The Morgan fingerprint density at radius 2 is 2.44 bits per heavy atom. The van der Waals surface area contributed by atoms with Crippen LogP contribution in [0.4, 0.5) is 0 Å². The summed E-state index contributed by atoms with van der Waals surface area (Å²) in [6, 6.07) is 4.41. The summed E-state index contributed by atoms with van der Waals surface area (Å²) in [4.78, 5) is 4.52. The molecule has 0 bridgehead atoms. The summed E-state index contributed by atoms with van der Waals surface area (Å²) in [5, 5.41) is 3.54. The van der Waals surface area contributed by atoms with Crippen LogP contribution in [0.25, 0.3) is 0 Å². The van der Waals surface area contributed by atoms with E-state index in [1.807, 2.05) is 19.1 Å². The maximum Gasteiger partial charge on any atom is 0.169 e. The molecular formula is C13H16BrN3O. The lowest BCUT2D eigenvalue weighted by molar-refractivity contribution is 0.359. The lowest BCUT2D eigenvalue weighted by Gasteiger charge is -2.24. The van der Waals surface area contributed by atoms with Crippen LogP contribution >= 0.6 is 15.9 Å². The van der Waals surface area contributed by atoms with Crippen molar-refractivity contribution in [2.45, 2.75) is 38.9 Å². The number of aromatic nitrogens is 2. The summed E-state index contributed by atoms with van der Waals surface area (Å²) in [6.45, 7) is 3.82. The third kappa shape index (κ3) is 2.52. The predicted molar refractivity (Wildman–Crippen MR) is 72.3 cm³/mol. The maximum atomic E-state index is 5.48. The highest BCUT2D eigenvalue weighted by Gasteiger charge is 2.19. The van der Waals surface area contributed by atoms with Crippen molar-refractivity contribution in [1.29, 1.82) is 0 Å². The first-order valence-electron chi connectivity index (χ1n) is 6.21. The van der Waals surface area contributed by atoms with Gasteiger partial charge in [-0.15, -0.1) is 0 Å². The number of nitrogens with zero attached hydrogens (tertiary/aromatic N) is 2. The Morgan fingerprint density at radius 3 is 3.22 bits per heavy atom. The van der Waals surface area contributed by atoms with Crippen molar-refractivity contribution in [1.82, 2.24) is 14.9 Å². The lowest BCUT2D eigenvalue weighted by Crippen LogP contribution is -2.36. The third-order valence-electron chi connectivity index (χ3n) is 3.31. The van der Waals surface area contributed by atoms with Crippen LogP contribution in [0, 0.1) is 6.92 Å². The van der Waals surface area contributed by atoms with E-state index in [0.29, 0.717) is 6.04 Å². The van der Waals surface area contributed by atoms with Gasteiger partial charge in [0.1, 0.15) is 11.6 Å². The van der Waals surface area contributed by atoms with E-state index in [4.69, 9.17) is 4.42 Å². The second kappa shape index (κ2) is 4.90. The SMILES string of the molecule is Cc1cn2c(n1)CCC(NCc1ccc(Br)o1)C2. The van der Waals surface area contributed by atoms with Gasteiger partial charge in [-0.05, 0) is 41.4 Å². The number of fused-ring (bicyclic) bond motifs is 1. The first-order valence-corrected chi connectivity index (χ1v) is 7.00. The average molecular weight is 310 g/mol. The highest BCUT2D eigenvalue weighted by atomic mass is 79.9. The monoisotopic (exact) mass is 309 g/mol. The molecule has 0 saturated carbocycles. The quantitative estimate of drug-likeness (QED) is 0.948. The Balaban J connectivity index is 1.59. The van der Waals surface area contributed by atoms with Crippen molar-refractivity contribution in [3.63, 3.8) is 0 Å². The molecule has 0 saturated heterocycles. The van der Waals surface area contributed by atoms with Crippen LogP contribution < -0.4 is 5.32 Å². The molecule has 4 nitrogen and oxygen atoms in total. The van der Waals surface area contributed by atoms with Gasteiger partial charge in [-0.3, -0.25) is 0 Å². The molecule has 1 atom stereocenters. The van der Waals surface area contributed by atoms with E-state index in [1.165, 1.54) is 5.82 Å². The van der Waals surface area contributed by atoms with Gasteiger partial charge < -0.3 is 14.3 Å². The fourth-order valence-electron chi connectivity index (χ4n) is 2.44. The van der Waals surface area contributed by atoms with E-state index >= 15 is 0 Å². The van der Waals surface area contributed by atoms with Gasteiger partial charge in [0.25, 0.3) is 0 Å². The molecule has 18 heavy (non-hydrogen) atoms. The number of halogens is 1. The van der Waals surface area contributed by atoms with E-state index in [-0.39, 0.29) is 0 Å². The van der Waals surface area contributed by atoms with Crippen LogP contribution in [0.5, 0.6) is 0 Å². The highest BCUT2D eigenvalue weighted by molar-refractivity contribution is 9.10. The van der Waals surface area contributed by atoms with Gasteiger partial charge in [-0.2, -0.15) is 0 Å². The molecule has 1 aliphatic rings. The number of hydrogen-bond donors (Lipinski definition) is 1. The number of nitrogens with one attached hydrogen (secondary N) is 1. The largest absolute Gasteiger partial charge is 0.453 e. The second-order valence-electron chi connectivity index (χ2n) is 4.77. The van der Waals surface area contributed by atoms with Crippen LogP contribution in [-0.2, 0) is 19.5 Å². The lowest BCUT2D eigenvalue weighted by atomic mass is 10.1. The second-order valence-corrected chi connectivity index (χ2v) is 5.55. The first-order chi connectivity index (χ1) is 8.70. The normalized spacial score (nSPS) is 18.9. The topological polar surface area (TPSA) is 43.0 Å². The standard InChI is InChI=1S/C13H16BrN3O/c1-9-7-17-8-10(2-5-13(17)16-9)15-6-11-3-4-12(14)18-11/h3-4,7,10,15H,2,5-6,8H2,1H3. The molecule has 0 amide bonds. The van der Waals surface area contributed by atoms with E-state index in [9.17, 15) is 0 Å². The van der Waals surface area contributed by atoms with Gasteiger partial charge in [0, 0.05) is 25.2 Å².